The molecule has 0 aliphatic carbocycles. The molecule has 36 heavy (non-hydrogen) atoms. The first kappa shape index (κ1) is 25.7. The zero-order valence-corrected chi connectivity index (χ0v) is 21.8. The standard InChI is InChI=1S/C25H36N6O5/c1-6-7-14-36-21-20(24(33)35-5)26-22-19(30-13-8-27(4)25(30)34)15-18(16-31(22)23(21)32)29-11-9-28(10-12-29)17(2)3/h15-17H,6-14H2,1-5H3. The summed E-state index contributed by atoms with van der Waals surface area (Å²) in [6, 6.07) is 2.17. The second-order valence-corrected chi connectivity index (χ2v) is 9.54. The Morgan fingerprint density at radius 3 is 2.42 bits per heavy atom. The number of piperazine rings is 1. The third-order valence-corrected chi connectivity index (χ3v) is 6.89. The van der Waals surface area contributed by atoms with Crippen LogP contribution in [0.25, 0.3) is 5.65 Å². The summed E-state index contributed by atoms with van der Waals surface area (Å²) in [4.78, 5) is 51.6. The highest BCUT2D eigenvalue weighted by molar-refractivity contribution is 5.99. The lowest BCUT2D eigenvalue weighted by Gasteiger charge is -2.38. The number of nitrogens with zero attached hydrogens (tertiary/aromatic N) is 6. The molecule has 11 nitrogen and oxygen atoms in total. The summed E-state index contributed by atoms with van der Waals surface area (Å²) in [6.45, 7) is 11.0. The lowest BCUT2D eigenvalue weighted by Crippen LogP contribution is -2.49. The maximum absolute atomic E-state index is 13.7. The molecular weight excluding hydrogens is 464 g/mol. The SMILES string of the molecule is CCCCOc1c(C(=O)OC)nc2c(N3CCN(C)C3=O)cc(N3CCN(C(C)C)CC3)cn2c1=O. The Hall–Kier alpha value is -3.34. The van der Waals surface area contributed by atoms with Crippen LogP contribution in [0.4, 0.5) is 16.2 Å². The number of rotatable bonds is 8. The van der Waals surface area contributed by atoms with E-state index in [1.165, 1.54) is 11.5 Å². The molecule has 2 aliphatic rings. The van der Waals surface area contributed by atoms with Crippen LogP contribution in [0, 0.1) is 0 Å². The van der Waals surface area contributed by atoms with Gasteiger partial charge in [0.05, 0.1) is 25.1 Å². The average Bonchev–Trinajstić information content (AvgIpc) is 3.22. The van der Waals surface area contributed by atoms with Gasteiger partial charge in [-0.2, -0.15) is 0 Å². The van der Waals surface area contributed by atoms with Crippen molar-refractivity contribution in [2.75, 3.05) is 69.8 Å². The van der Waals surface area contributed by atoms with Gasteiger partial charge in [0, 0.05) is 58.6 Å². The van der Waals surface area contributed by atoms with E-state index in [1.807, 2.05) is 13.0 Å². The van der Waals surface area contributed by atoms with Crippen LogP contribution in [0.15, 0.2) is 17.1 Å². The summed E-state index contributed by atoms with van der Waals surface area (Å²) < 4.78 is 12.1. The van der Waals surface area contributed by atoms with Crippen molar-refractivity contribution in [2.24, 2.45) is 0 Å². The number of methoxy groups -OCH3 is 1. The van der Waals surface area contributed by atoms with Crippen LogP contribution in [-0.2, 0) is 4.74 Å². The predicted octanol–water partition coefficient (Wildman–Crippen LogP) is 2.06. The Morgan fingerprint density at radius 2 is 1.83 bits per heavy atom. The van der Waals surface area contributed by atoms with E-state index in [2.05, 4.69) is 28.6 Å². The largest absolute Gasteiger partial charge is 0.486 e. The van der Waals surface area contributed by atoms with Gasteiger partial charge in [-0.3, -0.25) is 19.0 Å². The van der Waals surface area contributed by atoms with Crippen molar-refractivity contribution >= 4 is 29.0 Å². The van der Waals surface area contributed by atoms with Crippen LogP contribution < -0.4 is 20.1 Å². The summed E-state index contributed by atoms with van der Waals surface area (Å²) >= 11 is 0. The highest BCUT2D eigenvalue weighted by atomic mass is 16.5. The number of ether oxygens (including phenoxy) is 2. The highest BCUT2D eigenvalue weighted by Crippen LogP contribution is 2.31. The first-order chi connectivity index (χ1) is 17.3. The summed E-state index contributed by atoms with van der Waals surface area (Å²) in [7, 11) is 2.97. The van der Waals surface area contributed by atoms with E-state index in [4.69, 9.17) is 9.47 Å². The number of amides is 2. The molecule has 0 aromatic carbocycles. The second-order valence-electron chi connectivity index (χ2n) is 9.54. The van der Waals surface area contributed by atoms with E-state index in [9.17, 15) is 14.4 Å². The number of fused-ring (bicyclic) bond motifs is 1. The molecule has 0 radical (unpaired) electrons. The molecule has 2 aliphatic heterocycles. The van der Waals surface area contributed by atoms with Gasteiger partial charge in [0.1, 0.15) is 0 Å². The molecule has 4 heterocycles. The Kier molecular flexibility index (Phi) is 7.67. The van der Waals surface area contributed by atoms with Gasteiger partial charge in [-0.1, -0.05) is 13.3 Å². The molecule has 2 aromatic heterocycles. The molecule has 0 bridgehead atoms. The Balaban J connectivity index is 1.88. The minimum atomic E-state index is -0.759. The van der Waals surface area contributed by atoms with Gasteiger partial charge in [0.2, 0.25) is 5.75 Å². The molecule has 2 fully saturated rings. The van der Waals surface area contributed by atoms with Crippen molar-refractivity contribution in [1.29, 1.82) is 0 Å². The third kappa shape index (κ3) is 4.84. The molecule has 2 amide bonds. The summed E-state index contributed by atoms with van der Waals surface area (Å²) in [5.41, 5.74) is 0.836. The number of aromatic nitrogens is 2. The Labute approximate surface area is 211 Å². The summed E-state index contributed by atoms with van der Waals surface area (Å²) in [5, 5.41) is 0. The van der Waals surface area contributed by atoms with Gasteiger partial charge < -0.3 is 19.3 Å². The monoisotopic (exact) mass is 500 g/mol. The number of esters is 1. The molecular formula is C25H36N6O5. The number of hydrogen-bond donors (Lipinski definition) is 0. The zero-order valence-electron chi connectivity index (χ0n) is 21.8. The van der Waals surface area contributed by atoms with Gasteiger partial charge in [-0.05, 0) is 26.3 Å². The normalized spacial score (nSPS) is 16.9. The lowest BCUT2D eigenvalue weighted by molar-refractivity contribution is 0.0588. The van der Waals surface area contributed by atoms with E-state index in [0.717, 1.165) is 44.7 Å². The van der Waals surface area contributed by atoms with Gasteiger partial charge in [-0.15, -0.1) is 0 Å². The van der Waals surface area contributed by atoms with Crippen LogP contribution >= 0.6 is 0 Å². The Bertz CT molecular complexity index is 1190. The molecule has 0 spiro atoms. The van der Waals surface area contributed by atoms with E-state index in [1.54, 1.807) is 23.0 Å². The lowest BCUT2D eigenvalue weighted by atomic mass is 10.2. The zero-order chi connectivity index (χ0) is 26.0. The van der Waals surface area contributed by atoms with Crippen LogP contribution in [0.3, 0.4) is 0 Å². The third-order valence-electron chi connectivity index (χ3n) is 6.89. The van der Waals surface area contributed by atoms with Gasteiger partial charge in [0.15, 0.2) is 11.3 Å². The Morgan fingerprint density at radius 1 is 1.11 bits per heavy atom. The van der Waals surface area contributed by atoms with Gasteiger partial charge in [-0.25, -0.2) is 14.6 Å². The number of pyridine rings is 1. The van der Waals surface area contributed by atoms with Crippen molar-refractivity contribution in [3.63, 3.8) is 0 Å². The van der Waals surface area contributed by atoms with Gasteiger partial charge in [0.25, 0.3) is 0 Å². The predicted molar refractivity (Wildman–Crippen MR) is 137 cm³/mol. The fourth-order valence-corrected chi connectivity index (χ4v) is 4.61. The van der Waals surface area contributed by atoms with Crippen molar-refractivity contribution in [3.05, 3.63) is 28.3 Å². The maximum atomic E-state index is 13.7. The molecule has 0 atom stereocenters. The number of carbonyl (C=O) groups is 2. The number of likely N-dealkylation sites (N-methyl/N-ethyl adjacent to an activating group) is 1. The quantitative estimate of drug-likeness (QED) is 0.401. The van der Waals surface area contributed by atoms with Crippen molar-refractivity contribution in [2.45, 2.75) is 39.7 Å². The molecule has 0 unspecified atom stereocenters. The van der Waals surface area contributed by atoms with E-state index >= 15 is 0 Å². The van der Waals surface area contributed by atoms with Crippen molar-refractivity contribution in [3.8, 4) is 5.75 Å². The van der Waals surface area contributed by atoms with E-state index in [-0.39, 0.29) is 29.7 Å². The van der Waals surface area contributed by atoms with E-state index < -0.39 is 11.5 Å². The van der Waals surface area contributed by atoms with Crippen LogP contribution in [0.1, 0.15) is 44.1 Å². The first-order valence-corrected chi connectivity index (χ1v) is 12.6. The minimum absolute atomic E-state index is 0.134. The van der Waals surface area contributed by atoms with Crippen LogP contribution in [0.5, 0.6) is 5.75 Å². The van der Waals surface area contributed by atoms with Crippen molar-refractivity contribution in [1.82, 2.24) is 19.2 Å². The number of urea groups is 1. The number of carbonyl (C=O) groups excluding carboxylic acids is 2. The second kappa shape index (κ2) is 10.7. The smallest absolute Gasteiger partial charge is 0.360 e. The molecule has 2 aromatic rings. The molecule has 196 valence electrons. The van der Waals surface area contributed by atoms with E-state index in [0.29, 0.717) is 24.8 Å². The number of unbranched alkanes of at least 4 members (excludes halogenated alkanes) is 1. The molecule has 4 rings (SSSR count). The number of anilines is 2. The van der Waals surface area contributed by atoms with Crippen molar-refractivity contribution < 1.29 is 19.1 Å². The summed E-state index contributed by atoms with van der Waals surface area (Å²) in [5.74, 6) is -0.892. The summed E-state index contributed by atoms with van der Waals surface area (Å²) in [6.07, 6.45) is 3.33. The fourth-order valence-electron chi connectivity index (χ4n) is 4.61. The molecule has 0 saturated carbocycles. The molecule has 2 saturated heterocycles. The van der Waals surface area contributed by atoms with Crippen LogP contribution in [-0.4, -0.2) is 97.3 Å². The molecule has 11 heteroatoms. The fraction of sp³-hybridized carbons (Fsp3) is 0.600. The minimum Gasteiger partial charge on any atom is -0.486 e. The first-order valence-electron chi connectivity index (χ1n) is 12.6. The molecule has 0 N–H and O–H groups in total. The number of hydrogen-bond acceptors (Lipinski definition) is 8. The highest BCUT2D eigenvalue weighted by Gasteiger charge is 2.32. The van der Waals surface area contributed by atoms with Gasteiger partial charge >= 0.3 is 17.6 Å². The topological polar surface area (TPSA) is 99.9 Å². The van der Waals surface area contributed by atoms with Crippen LogP contribution in [0.2, 0.25) is 0 Å². The maximum Gasteiger partial charge on any atom is 0.360 e. The average molecular weight is 501 g/mol.